The van der Waals surface area contributed by atoms with Gasteiger partial charge in [-0.1, -0.05) is 0 Å². The van der Waals surface area contributed by atoms with Crippen LogP contribution in [0.3, 0.4) is 0 Å². The van der Waals surface area contributed by atoms with Gasteiger partial charge in [-0.15, -0.1) is 0 Å². The summed E-state index contributed by atoms with van der Waals surface area (Å²) in [6.45, 7) is 2.38. The maximum atomic E-state index is 13.1. The summed E-state index contributed by atoms with van der Waals surface area (Å²) in [5, 5.41) is 3.11. The molecule has 1 aromatic carbocycles. The van der Waals surface area contributed by atoms with Gasteiger partial charge in [0, 0.05) is 5.69 Å². The monoisotopic (exact) mass is 283 g/mol. The van der Waals surface area contributed by atoms with Crippen molar-refractivity contribution in [2.24, 2.45) is 0 Å². The molecule has 0 spiro atoms. The Labute approximate surface area is 102 Å². The molecule has 0 aliphatic heterocycles. The van der Waals surface area contributed by atoms with Crippen LogP contribution in [0.25, 0.3) is 0 Å². The van der Waals surface area contributed by atoms with E-state index in [4.69, 9.17) is 4.42 Å². The van der Waals surface area contributed by atoms with Crippen LogP contribution in [0.1, 0.15) is 11.3 Å². The summed E-state index contributed by atoms with van der Waals surface area (Å²) in [7, 11) is 0. The first kappa shape index (κ1) is 11.2. The SMILES string of the molecule is Cc1cc(F)cc(NCc2occc2Br)c1. The smallest absolute Gasteiger partial charge is 0.136 e. The van der Waals surface area contributed by atoms with Crippen LogP contribution >= 0.6 is 15.9 Å². The van der Waals surface area contributed by atoms with Gasteiger partial charge in [0.1, 0.15) is 11.6 Å². The minimum Gasteiger partial charge on any atom is -0.466 e. The number of benzene rings is 1. The fourth-order valence-electron chi connectivity index (χ4n) is 1.47. The lowest BCUT2D eigenvalue weighted by Gasteiger charge is -2.06. The second-order valence-corrected chi connectivity index (χ2v) is 4.42. The van der Waals surface area contributed by atoms with Crippen LogP contribution in [-0.4, -0.2) is 0 Å². The third kappa shape index (κ3) is 2.64. The van der Waals surface area contributed by atoms with E-state index in [9.17, 15) is 4.39 Å². The molecule has 0 saturated carbocycles. The third-order valence-electron chi connectivity index (χ3n) is 2.19. The lowest BCUT2D eigenvalue weighted by molar-refractivity contribution is 0.516. The van der Waals surface area contributed by atoms with E-state index in [1.807, 2.05) is 19.1 Å². The van der Waals surface area contributed by atoms with Gasteiger partial charge in [0.2, 0.25) is 0 Å². The molecule has 0 unspecified atom stereocenters. The van der Waals surface area contributed by atoms with E-state index in [0.717, 1.165) is 21.5 Å². The summed E-state index contributed by atoms with van der Waals surface area (Å²) in [6.07, 6.45) is 1.61. The average Bonchev–Trinajstić information content (AvgIpc) is 2.59. The first-order valence-electron chi connectivity index (χ1n) is 4.88. The van der Waals surface area contributed by atoms with E-state index in [2.05, 4.69) is 21.2 Å². The molecule has 16 heavy (non-hydrogen) atoms. The van der Waals surface area contributed by atoms with Gasteiger partial charge in [-0.2, -0.15) is 0 Å². The number of nitrogens with one attached hydrogen (secondary N) is 1. The predicted octanol–water partition coefficient (Wildman–Crippen LogP) is 4.10. The van der Waals surface area contributed by atoms with Gasteiger partial charge < -0.3 is 9.73 Å². The molecule has 2 rings (SSSR count). The first-order valence-corrected chi connectivity index (χ1v) is 5.67. The Morgan fingerprint density at radius 3 is 2.81 bits per heavy atom. The molecule has 0 amide bonds. The number of halogens is 2. The van der Waals surface area contributed by atoms with E-state index in [0.29, 0.717) is 6.54 Å². The van der Waals surface area contributed by atoms with Gasteiger partial charge in [0.05, 0.1) is 17.3 Å². The van der Waals surface area contributed by atoms with Crippen molar-refractivity contribution < 1.29 is 8.81 Å². The van der Waals surface area contributed by atoms with Crippen molar-refractivity contribution in [3.8, 4) is 0 Å². The highest BCUT2D eigenvalue weighted by Crippen LogP contribution is 2.20. The normalized spacial score (nSPS) is 10.4. The molecule has 0 aliphatic carbocycles. The van der Waals surface area contributed by atoms with E-state index < -0.39 is 0 Å². The van der Waals surface area contributed by atoms with Crippen LogP contribution < -0.4 is 5.32 Å². The van der Waals surface area contributed by atoms with E-state index in [1.54, 1.807) is 6.26 Å². The van der Waals surface area contributed by atoms with Gasteiger partial charge >= 0.3 is 0 Å². The van der Waals surface area contributed by atoms with Crippen LogP contribution in [0.4, 0.5) is 10.1 Å². The van der Waals surface area contributed by atoms with Crippen LogP contribution in [0.2, 0.25) is 0 Å². The van der Waals surface area contributed by atoms with Crippen molar-refractivity contribution in [3.05, 3.63) is 52.1 Å². The number of hydrogen-bond donors (Lipinski definition) is 1. The lowest BCUT2D eigenvalue weighted by Crippen LogP contribution is -1.99. The largest absolute Gasteiger partial charge is 0.466 e. The Morgan fingerprint density at radius 2 is 2.19 bits per heavy atom. The highest BCUT2D eigenvalue weighted by atomic mass is 79.9. The standard InChI is InChI=1S/C12H11BrFNO/c1-8-4-9(14)6-10(5-8)15-7-12-11(13)2-3-16-12/h2-6,15H,7H2,1H3. The molecule has 0 radical (unpaired) electrons. The van der Waals surface area contributed by atoms with Gasteiger partial charge in [-0.05, 0) is 52.7 Å². The summed E-state index contributed by atoms with van der Waals surface area (Å²) >= 11 is 3.36. The molecule has 2 nitrogen and oxygen atoms in total. The molecule has 2 aromatic rings. The topological polar surface area (TPSA) is 25.2 Å². The zero-order chi connectivity index (χ0) is 11.5. The van der Waals surface area contributed by atoms with Gasteiger partial charge in [0.25, 0.3) is 0 Å². The van der Waals surface area contributed by atoms with Crippen molar-refractivity contribution >= 4 is 21.6 Å². The van der Waals surface area contributed by atoms with Crippen LogP contribution in [-0.2, 0) is 6.54 Å². The van der Waals surface area contributed by atoms with Crippen molar-refractivity contribution in [3.63, 3.8) is 0 Å². The van der Waals surface area contributed by atoms with Crippen LogP contribution in [0.15, 0.2) is 39.4 Å². The Kier molecular flexibility index (Phi) is 3.29. The minimum atomic E-state index is -0.235. The number of furan rings is 1. The molecule has 1 heterocycles. The maximum Gasteiger partial charge on any atom is 0.136 e. The van der Waals surface area contributed by atoms with Crippen LogP contribution in [0.5, 0.6) is 0 Å². The molecule has 84 valence electrons. The second-order valence-electron chi connectivity index (χ2n) is 3.56. The maximum absolute atomic E-state index is 13.1. The summed E-state index contributed by atoms with van der Waals surface area (Å²) in [4.78, 5) is 0. The number of anilines is 1. The molecule has 0 bridgehead atoms. The molecule has 1 N–H and O–H groups in total. The molecule has 0 atom stereocenters. The van der Waals surface area contributed by atoms with E-state index in [1.165, 1.54) is 12.1 Å². The van der Waals surface area contributed by atoms with Gasteiger partial charge in [0.15, 0.2) is 0 Å². The molecule has 0 aliphatic rings. The Balaban J connectivity index is 2.07. The minimum absolute atomic E-state index is 0.235. The number of rotatable bonds is 3. The van der Waals surface area contributed by atoms with E-state index in [-0.39, 0.29) is 5.82 Å². The fourth-order valence-corrected chi connectivity index (χ4v) is 1.81. The Morgan fingerprint density at radius 1 is 1.38 bits per heavy atom. The van der Waals surface area contributed by atoms with Crippen molar-refractivity contribution in [2.45, 2.75) is 13.5 Å². The zero-order valence-electron chi connectivity index (χ0n) is 8.76. The van der Waals surface area contributed by atoms with Crippen LogP contribution in [0, 0.1) is 12.7 Å². The summed E-state index contributed by atoms with van der Waals surface area (Å²) in [5.41, 5.74) is 1.64. The summed E-state index contributed by atoms with van der Waals surface area (Å²) in [6, 6.07) is 6.67. The third-order valence-corrected chi connectivity index (χ3v) is 2.89. The van der Waals surface area contributed by atoms with Gasteiger partial charge in [-0.3, -0.25) is 0 Å². The Bertz CT molecular complexity index is 475. The predicted molar refractivity (Wildman–Crippen MR) is 64.9 cm³/mol. The molecular weight excluding hydrogens is 273 g/mol. The average molecular weight is 284 g/mol. The van der Waals surface area contributed by atoms with E-state index >= 15 is 0 Å². The summed E-state index contributed by atoms with van der Waals surface area (Å²) < 4.78 is 19.3. The van der Waals surface area contributed by atoms with Gasteiger partial charge in [-0.25, -0.2) is 4.39 Å². The zero-order valence-corrected chi connectivity index (χ0v) is 10.3. The lowest BCUT2D eigenvalue weighted by atomic mass is 10.2. The molecule has 1 aromatic heterocycles. The van der Waals surface area contributed by atoms with Crippen molar-refractivity contribution in [1.82, 2.24) is 0 Å². The highest BCUT2D eigenvalue weighted by molar-refractivity contribution is 9.10. The van der Waals surface area contributed by atoms with Crippen molar-refractivity contribution in [1.29, 1.82) is 0 Å². The molecule has 0 saturated heterocycles. The molecular formula is C12H11BrFNO. The number of aryl methyl sites for hydroxylation is 1. The second kappa shape index (κ2) is 4.70. The quantitative estimate of drug-likeness (QED) is 0.917. The molecule has 0 fully saturated rings. The summed E-state index contributed by atoms with van der Waals surface area (Å²) in [5.74, 6) is 0.558. The van der Waals surface area contributed by atoms with Crippen molar-refractivity contribution in [2.75, 3.05) is 5.32 Å². The number of hydrogen-bond acceptors (Lipinski definition) is 2. The highest BCUT2D eigenvalue weighted by Gasteiger charge is 2.03. The first-order chi connectivity index (χ1) is 7.65. The fraction of sp³-hybridized carbons (Fsp3) is 0.167. The Hall–Kier alpha value is -1.29. The molecule has 4 heteroatoms.